The van der Waals surface area contributed by atoms with Crippen LogP contribution in [0, 0.1) is 0 Å². The van der Waals surface area contributed by atoms with Gasteiger partial charge in [-0.3, -0.25) is 14.5 Å². The van der Waals surface area contributed by atoms with Crippen LogP contribution >= 0.6 is 0 Å². The second-order valence-electron chi connectivity index (χ2n) is 10.3. The van der Waals surface area contributed by atoms with Crippen molar-refractivity contribution in [3.8, 4) is 0 Å². The lowest BCUT2D eigenvalue weighted by molar-refractivity contribution is -0.158. The maximum atomic E-state index is 15.3. The van der Waals surface area contributed by atoms with Gasteiger partial charge < -0.3 is 4.74 Å². The van der Waals surface area contributed by atoms with Crippen LogP contribution in [0.3, 0.4) is 0 Å². The van der Waals surface area contributed by atoms with Gasteiger partial charge in [-0.05, 0) is 28.3 Å². The van der Waals surface area contributed by atoms with Gasteiger partial charge in [0.2, 0.25) is 5.60 Å². The lowest BCUT2D eigenvalue weighted by atomic mass is 9.74. The molecule has 4 nitrogen and oxygen atoms in total. The van der Waals surface area contributed by atoms with Crippen LogP contribution in [-0.2, 0) is 25.5 Å². The van der Waals surface area contributed by atoms with Crippen molar-refractivity contribution in [2.45, 2.75) is 23.5 Å². The van der Waals surface area contributed by atoms with Gasteiger partial charge in [-0.25, -0.2) is 0 Å². The summed E-state index contributed by atoms with van der Waals surface area (Å²) in [5.74, 6) is -1.08. The number of benzene rings is 5. The summed E-state index contributed by atoms with van der Waals surface area (Å²) in [5, 5.41) is 0. The van der Waals surface area contributed by atoms with Crippen molar-refractivity contribution in [2.75, 3.05) is 4.90 Å². The van der Waals surface area contributed by atoms with Gasteiger partial charge in [0.15, 0.2) is 0 Å². The van der Waals surface area contributed by atoms with Crippen LogP contribution in [0.25, 0.3) is 0 Å². The van der Waals surface area contributed by atoms with E-state index in [1.807, 2.05) is 114 Å². The number of amides is 1. The topological polar surface area (TPSA) is 46.6 Å². The van der Waals surface area contributed by atoms with Crippen LogP contribution in [0.15, 0.2) is 146 Å². The summed E-state index contributed by atoms with van der Waals surface area (Å²) >= 11 is 0. The fraction of sp³-hybridized carbons (Fsp3) is 0.111. The molecule has 5 aromatic rings. The molecule has 0 unspecified atom stereocenters. The summed E-state index contributed by atoms with van der Waals surface area (Å²) in [4.78, 5) is 30.3. The minimum absolute atomic E-state index is 0.132. The summed E-state index contributed by atoms with van der Waals surface area (Å²) in [6.07, 6.45) is 0.132. The third kappa shape index (κ3) is 3.32. The highest BCUT2D eigenvalue weighted by atomic mass is 16.6. The van der Waals surface area contributed by atoms with Crippen molar-refractivity contribution < 1.29 is 14.3 Å². The molecular weight excluding hydrogens is 494 g/mol. The molecule has 2 atom stereocenters. The number of carbonyl (C=O) groups excluding carboxylic acids is 2. The molecule has 40 heavy (non-hydrogen) atoms. The molecule has 0 bridgehead atoms. The summed E-state index contributed by atoms with van der Waals surface area (Å²) < 4.78 is 6.22. The number of carbonyl (C=O) groups is 2. The zero-order valence-corrected chi connectivity index (χ0v) is 21.8. The number of anilines is 1. The van der Waals surface area contributed by atoms with Gasteiger partial charge in [0.05, 0.1) is 12.1 Å². The van der Waals surface area contributed by atoms with Crippen LogP contribution in [0.1, 0.15) is 40.2 Å². The zero-order valence-electron chi connectivity index (χ0n) is 21.8. The Morgan fingerprint density at radius 2 is 1.05 bits per heavy atom. The molecule has 2 heterocycles. The Bertz CT molecular complexity index is 1590. The second-order valence-corrected chi connectivity index (χ2v) is 10.3. The first-order valence-corrected chi connectivity index (χ1v) is 13.5. The van der Waals surface area contributed by atoms with E-state index in [1.165, 1.54) is 0 Å². The van der Waals surface area contributed by atoms with Crippen molar-refractivity contribution in [3.05, 3.63) is 173 Å². The van der Waals surface area contributed by atoms with E-state index in [0.29, 0.717) is 5.56 Å². The van der Waals surface area contributed by atoms with Crippen LogP contribution in [0.2, 0.25) is 0 Å². The van der Waals surface area contributed by atoms with E-state index in [-0.39, 0.29) is 18.3 Å². The Morgan fingerprint density at radius 1 is 0.600 bits per heavy atom. The minimum Gasteiger partial charge on any atom is -0.443 e. The number of ether oxygens (including phenoxy) is 1. The molecule has 1 spiro atoms. The van der Waals surface area contributed by atoms with E-state index < -0.39 is 17.1 Å². The third-order valence-electron chi connectivity index (χ3n) is 8.31. The average molecular weight is 522 g/mol. The number of hydrogen-bond donors (Lipinski definition) is 0. The molecule has 5 aromatic carbocycles. The van der Waals surface area contributed by atoms with Crippen LogP contribution in [0.4, 0.5) is 5.69 Å². The fourth-order valence-electron chi connectivity index (χ4n) is 6.71. The summed E-state index contributed by atoms with van der Waals surface area (Å²) in [5.41, 5.74) is 2.67. The van der Waals surface area contributed by atoms with E-state index in [2.05, 4.69) is 36.4 Å². The van der Waals surface area contributed by atoms with Gasteiger partial charge in [0.25, 0.3) is 5.91 Å². The maximum Gasteiger partial charge on any atom is 0.308 e. The first kappa shape index (κ1) is 24.1. The Labute approximate surface area is 233 Å². The Morgan fingerprint density at radius 3 is 1.57 bits per heavy atom. The van der Waals surface area contributed by atoms with E-state index in [4.69, 9.17) is 4.74 Å². The molecule has 7 rings (SSSR count). The predicted molar refractivity (Wildman–Crippen MR) is 155 cm³/mol. The van der Waals surface area contributed by atoms with Gasteiger partial charge in [-0.15, -0.1) is 0 Å². The number of para-hydroxylation sites is 1. The monoisotopic (exact) mass is 521 g/mol. The molecule has 1 saturated heterocycles. The van der Waals surface area contributed by atoms with Gasteiger partial charge >= 0.3 is 5.97 Å². The number of rotatable bonds is 5. The van der Waals surface area contributed by atoms with Crippen LogP contribution in [0.5, 0.6) is 0 Å². The van der Waals surface area contributed by atoms with Crippen LogP contribution in [-0.4, -0.2) is 11.9 Å². The number of esters is 1. The Balaban J connectivity index is 1.58. The molecular formula is C36H27NO3. The van der Waals surface area contributed by atoms with E-state index >= 15 is 4.79 Å². The summed E-state index contributed by atoms with van der Waals surface area (Å²) in [7, 11) is 0. The predicted octanol–water partition coefficient (Wildman–Crippen LogP) is 6.95. The van der Waals surface area contributed by atoms with Crippen LogP contribution < -0.4 is 4.90 Å². The first-order valence-electron chi connectivity index (χ1n) is 13.5. The largest absolute Gasteiger partial charge is 0.443 e. The molecule has 1 fully saturated rings. The number of nitrogens with zero attached hydrogens (tertiary/aromatic N) is 1. The summed E-state index contributed by atoms with van der Waals surface area (Å²) in [6, 6.07) is 47.9. The van der Waals surface area contributed by atoms with Gasteiger partial charge in [0, 0.05) is 11.5 Å². The van der Waals surface area contributed by atoms with Gasteiger partial charge in [-0.1, -0.05) is 140 Å². The van der Waals surface area contributed by atoms with E-state index in [9.17, 15) is 4.79 Å². The van der Waals surface area contributed by atoms with Crippen molar-refractivity contribution >= 4 is 17.6 Å². The quantitative estimate of drug-likeness (QED) is 0.186. The molecule has 0 saturated carbocycles. The maximum absolute atomic E-state index is 15.3. The Kier molecular flexibility index (Phi) is 5.64. The molecule has 0 aromatic heterocycles. The molecule has 2 aliphatic heterocycles. The highest BCUT2D eigenvalue weighted by Gasteiger charge is 2.66. The lowest BCUT2D eigenvalue weighted by Crippen LogP contribution is -2.54. The average Bonchev–Trinajstić information content (AvgIpc) is 3.50. The molecule has 0 N–H and O–H groups in total. The summed E-state index contributed by atoms with van der Waals surface area (Å²) in [6.45, 7) is 0. The third-order valence-corrected chi connectivity index (χ3v) is 8.31. The minimum atomic E-state index is -1.47. The molecule has 194 valence electrons. The molecule has 0 aliphatic carbocycles. The number of hydrogen-bond acceptors (Lipinski definition) is 3. The second kappa shape index (κ2) is 9.35. The standard InChI is InChI=1S/C36H27NO3/c38-33-25-31(26-15-5-1-6-16-26)36(40-33)30-23-13-14-24-32(30)37(34(36)39)35(27-17-7-2-8-18-27,28-19-9-3-10-20-28)29-21-11-4-12-22-29/h1-24,31H,25H2/t31-,36-/m1/s1. The normalized spacial score (nSPS) is 20.0. The van der Waals surface area contributed by atoms with Gasteiger partial charge in [-0.2, -0.15) is 0 Å². The van der Waals surface area contributed by atoms with Crippen molar-refractivity contribution in [1.82, 2.24) is 0 Å². The molecule has 1 amide bonds. The number of fused-ring (bicyclic) bond motifs is 2. The zero-order chi connectivity index (χ0) is 27.2. The molecule has 4 heteroatoms. The molecule has 0 radical (unpaired) electrons. The Hall–Kier alpha value is -4.96. The van der Waals surface area contributed by atoms with Crippen molar-refractivity contribution in [3.63, 3.8) is 0 Å². The van der Waals surface area contributed by atoms with E-state index in [1.54, 1.807) is 0 Å². The van der Waals surface area contributed by atoms with Gasteiger partial charge in [0.1, 0.15) is 5.54 Å². The smallest absolute Gasteiger partial charge is 0.308 e. The lowest BCUT2D eigenvalue weighted by Gasteiger charge is -2.44. The first-order chi connectivity index (χ1) is 19.7. The van der Waals surface area contributed by atoms with E-state index in [0.717, 1.165) is 27.9 Å². The molecule has 2 aliphatic rings. The highest BCUT2D eigenvalue weighted by Crippen LogP contribution is 2.59. The fourth-order valence-corrected chi connectivity index (χ4v) is 6.71. The SMILES string of the molecule is O=C1C[C@H](c2ccccc2)[C@@]2(O1)C(=O)N(C(c1ccccc1)(c1ccccc1)c1ccccc1)c1ccccc12. The van der Waals surface area contributed by atoms with Crippen molar-refractivity contribution in [2.24, 2.45) is 0 Å². The highest BCUT2D eigenvalue weighted by molar-refractivity contribution is 6.12. The van der Waals surface area contributed by atoms with Crippen molar-refractivity contribution in [1.29, 1.82) is 0 Å².